The first-order chi connectivity index (χ1) is 9.19. The van der Waals surface area contributed by atoms with Crippen molar-refractivity contribution >= 4 is 11.6 Å². The Kier molecular flexibility index (Phi) is 4.18. The molecule has 1 N–H and O–H groups in total. The van der Waals surface area contributed by atoms with Crippen molar-refractivity contribution in [2.75, 3.05) is 11.9 Å². The van der Waals surface area contributed by atoms with Crippen molar-refractivity contribution in [3.63, 3.8) is 0 Å². The summed E-state index contributed by atoms with van der Waals surface area (Å²) in [5.41, 5.74) is 2.24. The molecule has 3 nitrogen and oxygen atoms in total. The minimum atomic E-state index is -0.135. The van der Waals surface area contributed by atoms with Crippen molar-refractivity contribution < 1.29 is 9.53 Å². The molecular weight excluding hydrogens is 238 g/mol. The van der Waals surface area contributed by atoms with Crippen molar-refractivity contribution in [3.8, 4) is 5.75 Å². The molecule has 97 valence electrons. The summed E-state index contributed by atoms with van der Waals surface area (Å²) < 4.78 is 5.34. The molecule has 0 fully saturated rings. The minimum absolute atomic E-state index is 0.135. The number of amides is 1. The second-order valence-corrected chi connectivity index (χ2v) is 4.11. The first-order valence-corrected chi connectivity index (χ1v) is 6.15. The second-order valence-electron chi connectivity index (χ2n) is 4.11. The topological polar surface area (TPSA) is 38.3 Å². The molecule has 1 radical (unpaired) electrons. The van der Waals surface area contributed by atoms with E-state index in [-0.39, 0.29) is 5.91 Å². The third-order valence-electron chi connectivity index (χ3n) is 2.64. The third kappa shape index (κ3) is 3.58. The van der Waals surface area contributed by atoms with Crippen LogP contribution in [-0.2, 0) is 0 Å². The van der Waals surface area contributed by atoms with Crippen LogP contribution in [0, 0.1) is 6.92 Å². The van der Waals surface area contributed by atoms with Gasteiger partial charge in [0.1, 0.15) is 5.75 Å². The molecule has 0 aliphatic rings. The van der Waals surface area contributed by atoms with Crippen LogP contribution >= 0.6 is 0 Å². The molecule has 2 aromatic rings. The van der Waals surface area contributed by atoms with E-state index in [1.54, 1.807) is 12.1 Å². The van der Waals surface area contributed by atoms with E-state index in [0.717, 1.165) is 17.0 Å². The zero-order chi connectivity index (χ0) is 13.7. The van der Waals surface area contributed by atoms with Gasteiger partial charge in [0, 0.05) is 11.3 Å². The van der Waals surface area contributed by atoms with Crippen LogP contribution < -0.4 is 10.1 Å². The summed E-state index contributed by atoms with van der Waals surface area (Å²) in [5.74, 6) is 0.658. The predicted octanol–water partition coefficient (Wildman–Crippen LogP) is 3.52. The van der Waals surface area contributed by atoms with Crippen LogP contribution in [0.3, 0.4) is 0 Å². The fourth-order valence-corrected chi connectivity index (χ4v) is 1.66. The zero-order valence-electron chi connectivity index (χ0n) is 10.8. The Balaban J connectivity index is 2.04. The van der Waals surface area contributed by atoms with Crippen LogP contribution in [-0.4, -0.2) is 12.5 Å². The van der Waals surface area contributed by atoms with Gasteiger partial charge in [0.2, 0.25) is 0 Å². The summed E-state index contributed by atoms with van der Waals surface area (Å²) in [5, 5.41) is 2.83. The van der Waals surface area contributed by atoms with Crippen molar-refractivity contribution in [1.29, 1.82) is 0 Å². The molecular formula is C16H16NO2. The van der Waals surface area contributed by atoms with Crippen LogP contribution in [0.25, 0.3) is 0 Å². The van der Waals surface area contributed by atoms with Crippen molar-refractivity contribution in [3.05, 3.63) is 66.6 Å². The Morgan fingerprint density at radius 1 is 1.11 bits per heavy atom. The number of nitrogens with one attached hydrogen (secondary N) is 1. The number of hydrogen-bond donors (Lipinski definition) is 1. The molecule has 2 rings (SSSR count). The maximum absolute atomic E-state index is 12.0. The van der Waals surface area contributed by atoms with E-state index in [9.17, 15) is 4.79 Å². The lowest BCUT2D eigenvalue weighted by Gasteiger charge is -2.07. The molecule has 0 saturated heterocycles. The molecule has 0 saturated carbocycles. The summed E-state index contributed by atoms with van der Waals surface area (Å²) in [6.07, 6.45) is 0. The van der Waals surface area contributed by atoms with Crippen LogP contribution in [0.1, 0.15) is 22.8 Å². The predicted molar refractivity (Wildman–Crippen MR) is 76.5 cm³/mol. The highest BCUT2D eigenvalue weighted by Crippen LogP contribution is 2.16. The van der Waals surface area contributed by atoms with Crippen LogP contribution in [0.5, 0.6) is 5.75 Å². The Morgan fingerprint density at radius 3 is 2.32 bits per heavy atom. The van der Waals surface area contributed by atoms with Gasteiger partial charge in [-0.2, -0.15) is 0 Å². The number of anilines is 1. The Bertz CT molecular complexity index is 544. The quantitative estimate of drug-likeness (QED) is 0.906. The van der Waals surface area contributed by atoms with Gasteiger partial charge in [-0.05, 0) is 55.8 Å². The van der Waals surface area contributed by atoms with Gasteiger partial charge in [0.25, 0.3) is 5.91 Å². The zero-order valence-corrected chi connectivity index (χ0v) is 10.8. The molecule has 0 aromatic heterocycles. The van der Waals surface area contributed by atoms with Gasteiger partial charge in [-0.15, -0.1) is 0 Å². The number of ether oxygens (including phenoxy) is 1. The van der Waals surface area contributed by atoms with E-state index in [1.807, 2.05) is 43.3 Å². The maximum atomic E-state index is 12.0. The molecule has 0 atom stereocenters. The van der Waals surface area contributed by atoms with Gasteiger partial charge in [0.15, 0.2) is 0 Å². The molecule has 0 spiro atoms. The molecule has 19 heavy (non-hydrogen) atoms. The first kappa shape index (κ1) is 13.1. The Labute approximate surface area is 113 Å². The van der Waals surface area contributed by atoms with E-state index in [1.165, 1.54) is 0 Å². The summed E-state index contributed by atoms with van der Waals surface area (Å²) in [6, 6.07) is 14.4. The van der Waals surface area contributed by atoms with Gasteiger partial charge in [-0.3, -0.25) is 4.79 Å². The monoisotopic (exact) mass is 254 g/mol. The Hall–Kier alpha value is -2.29. The maximum Gasteiger partial charge on any atom is 0.255 e. The number of hydrogen-bond acceptors (Lipinski definition) is 2. The first-order valence-electron chi connectivity index (χ1n) is 6.15. The average Bonchev–Trinajstić information content (AvgIpc) is 2.42. The van der Waals surface area contributed by atoms with Gasteiger partial charge in [-0.25, -0.2) is 0 Å². The average molecular weight is 254 g/mol. The lowest BCUT2D eigenvalue weighted by atomic mass is 10.1. The van der Waals surface area contributed by atoms with Gasteiger partial charge < -0.3 is 10.1 Å². The van der Waals surface area contributed by atoms with E-state index < -0.39 is 0 Å². The summed E-state index contributed by atoms with van der Waals surface area (Å²) >= 11 is 0. The lowest BCUT2D eigenvalue weighted by Crippen LogP contribution is -2.11. The smallest absolute Gasteiger partial charge is 0.255 e. The van der Waals surface area contributed by atoms with Crippen LogP contribution in [0.15, 0.2) is 48.5 Å². The lowest BCUT2D eigenvalue weighted by molar-refractivity contribution is 0.102. The summed E-state index contributed by atoms with van der Waals surface area (Å²) in [7, 11) is 0. The number of carbonyl (C=O) groups excluding carboxylic acids is 1. The summed E-state index contributed by atoms with van der Waals surface area (Å²) in [6.45, 7) is 6.35. The van der Waals surface area contributed by atoms with E-state index in [0.29, 0.717) is 12.2 Å². The number of rotatable bonds is 4. The van der Waals surface area contributed by atoms with Crippen molar-refractivity contribution in [2.45, 2.75) is 6.92 Å². The molecule has 3 heteroatoms. The van der Waals surface area contributed by atoms with E-state index in [2.05, 4.69) is 12.2 Å². The molecule has 0 heterocycles. The fourth-order valence-electron chi connectivity index (χ4n) is 1.66. The molecule has 1 amide bonds. The normalized spacial score (nSPS) is 10.0. The highest BCUT2D eigenvalue weighted by molar-refractivity contribution is 6.04. The van der Waals surface area contributed by atoms with Crippen molar-refractivity contribution in [2.24, 2.45) is 0 Å². The van der Waals surface area contributed by atoms with Gasteiger partial charge in [0.05, 0.1) is 6.61 Å². The highest BCUT2D eigenvalue weighted by atomic mass is 16.5. The number of carbonyl (C=O) groups is 1. The summed E-state index contributed by atoms with van der Waals surface area (Å²) in [4.78, 5) is 12.0. The molecule has 0 aliphatic carbocycles. The van der Waals surface area contributed by atoms with E-state index >= 15 is 0 Å². The van der Waals surface area contributed by atoms with E-state index in [4.69, 9.17) is 4.74 Å². The minimum Gasteiger partial charge on any atom is -0.494 e. The van der Waals surface area contributed by atoms with Gasteiger partial charge in [-0.1, -0.05) is 12.1 Å². The largest absolute Gasteiger partial charge is 0.494 e. The molecule has 0 bridgehead atoms. The third-order valence-corrected chi connectivity index (χ3v) is 2.64. The second kappa shape index (κ2) is 6.05. The molecule has 2 aromatic carbocycles. The Morgan fingerprint density at radius 2 is 1.74 bits per heavy atom. The van der Waals surface area contributed by atoms with Crippen LogP contribution in [0.2, 0.25) is 0 Å². The van der Waals surface area contributed by atoms with Crippen molar-refractivity contribution in [1.82, 2.24) is 0 Å². The molecule has 0 aliphatic heterocycles. The highest BCUT2D eigenvalue weighted by Gasteiger charge is 2.05. The molecule has 0 unspecified atom stereocenters. The van der Waals surface area contributed by atoms with Gasteiger partial charge >= 0.3 is 0 Å². The standard InChI is InChI=1S/C16H16NO2/c1-3-19-15-10-8-14(9-11-15)17-16(18)13-6-4-12(2)5-7-13/h4-11H,2-3H2,1H3,(H,17,18). The SMILES string of the molecule is [CH2]c1ccc(C(=O)Nc2ccc(OCC)cc2)cc1. The fraction of sp³-hybridized carbons (Fsp3) is 0.125. The van der Waals surface area contributed by atoms with Crippen LogP contribution in [0.4, 0.5) is 5.69 Å². The number of benzene rings is 2.